The highest BCUT2D eigenvalue weighted by Gasteiger charge is 2.38. The lowest BCUT2D eigenvalue weighted by Gasteiger charge is -2.47. The third kappa shape index (κ3) is 4.67. The third-order valence-corrected chi connectivity index (χ3v) is 6.66. The number of carbonyl (C=O) groups is 3. The van der Waals surface area contributed by atoms with Crippen LogP contribution in [0, 0.1) is 0 Å². The van der Waals surface area contributed by atoms with E-state index in [1.54, 1.807) is 30.3 Å². The molecule has 4 amide bonds. The second kappa shape index (κ2) is 9.56. The van der Waals surface area contributed by atoms with Crippen LogP contribution in [0.15, 0.2) is 48.0 Å². The highest BCUT2D eigenvalue weighted by atomic mass is 16.5. The van der Waals surface area contributed by atoms with Gasteiger partial charge in [-0.05, 0) is 81.0 Å². The fourth-order valence-electron chi connectivity index (χ4n) is 5.18. The van der Waals surface area contributed by atoms with Crippen LogP contribution in [-0.4, -0.2) is 36.5 Å². The number of benzene rings is 2. The molecule has 2 aromatic carbocycles. The first-order valence-corrected chi connectivity index (χ1v) is 12.2. The van der Waals surface area contributed by atoms with Crippen LogP contribution in [0.5, 0.6) is 5.75 Å². The van der Waals surface area contributed by atoms with E-state index in [0.717, 1.165) is 29.8 Å². The Balaban J connectivity index is 1.70. The molecule has 0 bridgehead atoms. The minimum atomic E-state index is -0.776. The average Bonchev–Trinajstić information content (AvgIpc) is 2.79. The predicted molar refractivity (Wildman–Crippen MR) is 138 cm³/mol. The lowest BCUT2D eigenvalue weighted by atomic mass is 9.79. The molecule has 2 heterocycles. The summed E-state index contributed by atoms with van der Waals surface area (Å²) in [6.07, 6.45) is 3.63. The fourth-order valence-corrected chi connectivity index (χ4v) is 5.18. The van der Waals surface area contributed by atoms with E-state index >= 15 is 0 Å². The standard InChI is InChI=1S/C28H33N3O4/c1-6-13-30-24-12-11-19(14-22(24)18(3)17-28(30,4)5)15-23-25(32)29-27(34)31(26(23)33)20-9-8-10-21(16-20)35-7-2/h8-12,14-16,18H,6-7,13,17H2,1-5H3,(H,29,32,34)/b23-15-. The number of hydrogen-bond donors (Lipinski definition) is 1. The van der Waals surface area contributed by atoms with Crippen molar-refractivity contribution in [3.05, 3.63) is 59.2 Å². The van der Waals surface area contributed by atoms with Gasteiger partial charge in [0.05, 0.1) is 12.3 Å². The van der Waals surface area contributed by atoms with Crippen LogP contribution in [0.1, 0.15) is 64.5 Å². The van der Waals surface area contributed by atoms with Crippen molar-refractivity contribution in [2.75, 3.05) is 23.0 Å². The van der Waals surface area contributed by atoms with E-state index < -0.39 is 17.8 Å². The van der Waals surface area contributed by atoms with Gasteiger partial charge in [-0.25, -0.2) is 9.69 Å². The third-order valence-electron chi connectivity index (χ3n) is 6.66. The van der Waals surface area contributed by atoms with Gasteiger partial charge in [-0.3, -0.25) is 14.9 Å². The molecule has 7 heteroatoms. The van der Waals surface area contributed by atoms with Gasteiger partial charge in [-0.15, -0.1) is 0 Å². The Morgan fingerprint density at radius 3 is 2.60 bits per heavy atom. The number of imide groups is 2. The molecule has 0 aliphatic carbocycles. The molecule has 2 aromatic rings. The van der Waals surface area contributed by atoms with Crippen LogP contribution in [-0.2, 0) is 9.59 Å². The van der Waals surface area contributed by atoms with Gasteiger partial charge in [0.15, 0.2) is 0 Å². The zero-order valence-electron chi connectivity index (χ0n) is 21.1. The van der Waals surface area contributed by atoms with Gasteiger partial charge >= 0.3 is 6.03 Å². The van der Waals surface area contributed by atoms with E-state index in [9.17, 15) is 14.4 Å². The van der Waals surface area contributed by atoms with Crippen LogP contribution in [0.25, 0.3) is 6.08 Å². The van der Waals surface area contributed by atoms with Gasteiger partial charge in [0.1, 0.15) is 11.3 Å². The molecular weight excluding hydrogens is 442 g/mol. The van der Waals surface area contributed by atoms with E-state index in [1.165, 1.54) is 11.3 Å². The molecule has 2 aliphatic heterocycles. The number of nitrogens with one attached hydrogen (secondary N) is 1. The van der Waals surface area contributed by atoms with Gasteiger partial charge < -0.3 is 9.64 Å². The number of barbiturate groups is 1. The predicted octanol–water partition coefficient (Wildman–Crippen LogP) is 5.25. The van der Waals surface area contributed by atoms with Gasteiger partial charge in [0, 0.05) is 23.8 Å². The Hall–Kier alpha value is -3.61. The maximum atomic E-state index is 13.3. The topological polar surface area (TPSA) is 79.0 Å². The van der Waals surface area contributed by atoms with Crippen LogP contribution in [0.2, 0.25) is 0 Å². The lowest BCUT2D eigenvalue weighted by Crippen LogP contribution is -2.54. The summed E-state index contributed by atoms with van der Waals surface area (Å²) in [5.74, 6) is -0.485. The van der Waals surface area contributed by atoms with E-state index in [4.69, 9.17) is 4.74 Å². The molecule has 0 spiro atoms. The SMILES string of the molecule is CCCN1c2ccc(/C=C3/C(=O)NC(=O)N(c4cccc(OCC)c4)C3=O)cc2C(C)CC1(C)C. The van der Waals surface area contributed by atoms with E-state index in [2.05, 4.69) is 50.0 Å². The van der Waals surface area contributed by atoms with E-state index in [-0.39, 0.29) is 11.1 Å². The molecule has 35 heavy (non-hydrogen) atoms. The maximum absolute atomic E-state index is 13.3. The number of rotatable bonds is 6. The molecule has 1 unspecified atom stereocenters. The smallest absolute Gasteiger partial charge is 0.335 e. The minimum Gasteiger partial charge on any atom is -0.494 e. The molecular formula is C28H33N3O4. The molecule has 1 atom stereocenters. The molecule has 1 saturated heterocycles. The van der Waals surface area contributed by atoms with Gasteiger partial charge in [0.25, 0.3) is 11.8 Å². The number of amides is 4. The van der Waals surface area contributed by atoms with Gasteiger partial charge in [0.2, 0.25) is 0 Å². The van der Waals surface area contributed by atoms with Crippen LogP contribution < -0.4 is 19.9 Å². The zero-order chi connectivity index (χ0) is 25.3. The van der Waals surface area contributed by atoms with Gasteiger partial charge in [-0.2, -0.15) is 0 Å². The monoisotopic (exact) mass is 475 g/mol. The molecule has 0 saturated carbocycles. The lowest BCUT2D eigenvalue weighted by molar-refractivity contribution is -0.122. The summed E-state index contributed by atoms with van der Waals surface area (Å²) in [4.78, 5) is 42.0. The van der Waals surface area contributed by atoms with E-state index in [0.29, 0.717) is 24.0 Å². The summed E-state index contributed by atoms with van der Waals surface area (Å²) < 4.78 is 5.50. The summed E-state index contributed by atoms with van der Waals surface area (Å²) in [5.41, 5.74) is 3.46. The van der Waals surface area contributed by atoms with Crippen molar-refractivity contribution in [1.29, 1.82) is 0 Å². The van der Waals surface area contributed by atoms with Crippen molar-refractivity contribution >= 4 is 35.3 Å². The molecule has 184 valence electrons. The van der Waals surface area contributed by atoms with Crippen molar-refractivity contribution in [3.63, 3.8) is 0 Å². The number of urea groups is 1. The van der Waals surface area contributed by atoms with Crippen molar-refractivity contribution < 1.29 is 19.1 Å². The summed E-state index contributed by atoms with van der Waals surface area (Å²) in [6, 6.07) is 12.0. The number of fused-ring (bicyclic) bond motifs is 1. The van der Waals surface area contributed by atoms with Crippen LogP contribution in [0.4, 0.5) is 16.2 Å². The highest BCUT2D eigenvalue weighted by Crippen LogP contribution is 2.44. The first-order valence-electron chi connectivity index (χ1n) is 12.2. The molecule has 1 N–H and O–H groups in total. The molecule has 4 rings (SSSR count). The number of hydrogen-bond acceptors (Lipinski definition) is 5. The second-order valence-corrected chi connectivity index (χ2v) is 9.78. The quantitative estimate of drug-likeness (QED) is 0.456. The highest BCUT2D eigenvalue weighted by molar-refractivity contribution is 6.39. The van der Waals surface area contributed by atoms with Crippen molar-refractivity contribution in [2.45, 2.75) is 58.9 Å². The van der Waals surface area contributed by atoms with Crippen LogP contribution in [0.3, 0.4) is 0 Å². The number of carbonyl (C=O) groups excluding carboxylic acids is 3. The fraction of sp³-hybridized carbons (Fsp3) is 0.393. The Bertz CT molecular complexity index is 1200. The average molecular weight is 476 g/mol. The number of anilines is 2. The Morgan fingerprint density at radius 2 is 1.89 bits per heavy atom. The van der Waals surface area contributed by atoms with E-state index in [1.807, 2.05) is 13.0 Å². The summed E-state index contributed by atoms with van der Waals surface area (Å²) in [7, 11) is 0. The molecule has 0 radical (unpaired) electrons. The first kappa shape index (κ1) is 24.5. The molecule has 0 aromatic heterocycles. The normalized spacial score (nSPS) is 20.7. The Morgan fingerprint density at radius 1 is 1.11 bits per heavy atom. The minimum absolute atomic E-state index is 0.0541. The van der Waals surface area contributed by atoms with Crippen molar-refractivity contribution in [2.24, 2.45) is 0 Å². The molecule has 1 fully saturated rings. The maximum Gasteiger partial charge on any atom is 0.335 e. The number of nitrogens with zero attached hydrogens (tertiary/aromatic N) is 2. The Labute approximate surface area is 206 Å². The summed E-state index contributed by atoms with van der Waals surface area (Å²) >= 11 is 0. The summed E-state index contributed by atoms with van der Waals surface area (Å²) in [5, 5.41) is 2.30. The summed E-state index contributed by atoms with van der Waals surface area (Å²) in [6.45, 7) is 12.2. The molecule has 2 aliphatic rings. The Kier molecular flexibility index (Phi) is 6.70. The van der Waals surface area contributed by atoms with Gasteiger partial charge in [-0.1, -0.05) is 26.0 Å². The van der Waals surface area contributed by atoms with Crippen molar-refractivity contribution in [3.8, 4) is 5.75 Å². The second-order valence-electron chi connectivity index (χ2n) is 9.78. The molecule has 7 nitrogen and oxygen atoms in total. The van der Waals surface area contributed by atoms with Crippen molar-refractivity contribution in [1.82, 2.24) is 5.32 Å². The number of ether oxygens (including phenoxy) is 1. The van der Waals surface area contributed by atoms with Crippen LogP contribution >= 0.6 is 0 Å². The first-order chi connectivity index (χ1) is 16.7. The largest absolute Gasteiger partial charge is 0.494 e. The zero-order valence-corrected chi connectivity index (χ0v) is 21.1.